The van der Waals surface area contributed by atoms with E-state index in [0.29, 0.717) is 43.7 Å². The second-order valence-electron chi connectivity index (χ2n) is 4.75. The normalized spacial score (nSPS) is 18.0. The van der Waals surface area contributed by atoms with Crippen LogP contribution < -0.4 is 10.1 Å². The molecular formula is C13H17N5O3. The zero-order valence-corrected chi connectivity index (χ0v) is 11.8. The lowest BCUT2D eigenvalue weighted by Gasteiger charge is -2.08. The van der Waals surface area contributed by atoms with Crippen LogP contribution in [-0.4, -0.2) is 45.3 Å². The summed E-state index contributed by atoms with van der Waals surface area (Å²) in [5, 5.41) is 11.0. The number of fused-ring (bicyclic) bond motifs is 1. The number of carbonyl (C=O) groups is 1. The highest BCUT2D eigenvalue weighted by atomic mass is 16.5. The van der Waals surface area contributed by atoms with E-state index in [0.717, 1.165) is 6.42 Å². The molecule has 2 aromatic rings. The van der Waals surface area contributed by atoms with Crippen molar-refractivity contribution in [3.05, 3.63) is 18.2 Å². The quantitative estimate of drug-likeness (QED) is 0.845. The van der Waals surface area contributed by atoms with Gasteiger partial charge in [-0.15, -0.1) is 10.2 Å². The first-order chi connectivity index (χ1) is 10.3. The van der Waals surface area contributed by atoms with Crippen molar-refractivity contribution in [2.75, 3.05) is 19.8 Å². The van der Waals surface area contributed by atoms with Gasteiger partial charge in [0.1, 0.15) is 0 Å². The molecule has 1 amide bonds. The summed E-state index contributed by atoms with van der Waals surface area (Å²) in [6, 6.07) is 0. The van der Waals surface area contributed by atoms with E-state index in [1.54, 1.807) is 16.8 Å². The minimum absolute atomic E-state index is 0.0108. The van der Waals surface area contributed by atoms with Crippen LogP contribution in [0.25, 0.3) is 5.65 Å². The largest absolute Gasteiger partial charge is 0.475 e. The highest BCUT2D eigenvalue weighted by Gasteiger charge is 2.23. The zero-order valence-electron chi connectivity index (χ0n) is 11.8. The van der Waals surface area contributed by atoms with Gasteiger partial charge >= 0.3 is 0 Å². The minimum Gasteiger partial charge on any atom is -0.475 e. The summed E-state index contributed by atoms with van der Waals surface area (Å²) >= 11 is 0. The number of nitrogens with one attached hydrogen (secondary N) is 1. The number of aromatic nitrogens is 4. The van der Waals surface area contributed by atoms with Crippen LogP contribution in [0.2, 0.25) is 0 Å². The Morgan fingerprint density at radius 1 is 1.57 bits per heavy atom. The van der Waals surface area contributed by atoms with Crippen LogP contribution in [-0.2, 0) is 16.1 Å². The van der Waals surface area contributed by atoms with Crippen LogP contribution in [0.4, 0.5) is 0 Å². The third-order valence-corrected chi connectivity index (χ3v) is 3.37. The van der Waals surface area contributed by atoms with Gasteiger partial charge in [-0.2, -0.15) is 0 Å². The Morgan fingerprint density at radius 2 is 2.48 bits per heavy atom. The van der Waals surface area contributed by atoms with Gasteiger partial charge in [-0.3, -0.25) is 9.20 Å². The molecule has 3 heterocycles. The number of ether oxygens (including phenoxy) is 2. The van der Waals surface area contributed by atoms with E-state index in [4.69, 9.17) is 9.47 Å². The lowest BCUT2D eigenvalue weighted by Crippen LogP contribution is -2.31. The lowest BCUT2D eigenvalue weighted by molar-refractivity contribution is -0.125. The zero-order chi connectivity index (χ0) is 14.7. The smallest absolute Gasteiger partial charge is 0.260 e. The van der Waals surface area contributed by atoms with Gasteiger partial charge in [-0.1, -0.05) is 0 Å². The summed E-state index contributed by atoms with van der Waals surface area (Å²) in [7, 11) is 0. The lowest BCUT2D eigenvalue weighted by atomic mass is 10.1. The molecule has 21 heavy (non-hydrogen) atoms. The maximum atomic E-state index is 12.0. The first kappa shape index (κ1) is 13.7. The molecule has 0 unspecified atom stereocenters. The average Bonchev–Trinajstić information content (AvgIpc) is 3.15. The highest BCUT2D eigenvalue weighted by Crippen LogP contribution is 2.15. The van der Waals surface area contributed by atoms with Gasteiger partial charge in [-0.05, 0) is 13.3 Å². The van der Waals surface area contributed by atoms with Crippen molar-refractivity contribution in [2.45, 2.75) is 19.9 Å². The molecular weight excluding hydrogens is 274 g/mol. The van der Waals surface area contributed by atoms with Gasteiger partial charge in [0, 0.05) is 19.0 Å². The molecule has 0 aromatic carbocycles. The van der Waals surface area contributed by atoms with E-state index in [2.05, 4.69) is 20.5 Å². The molecule has 1 saturated heterocycles. The Hall–Kier alpha value is -2.22. The van der Waals surface area contributed by atoms with Crippen molar-refractivity contribution < 1.29 is 14.3 Å². The second-order valence-corrected chi connectivity index (χ2v) is 4.75. The molecule has 1 fully saturated rings. The number of rotatable bonds is 5. The Morgan fingerprint density at radius 3 is 3.24 bits per heavy atom. The Labute approximate surface area is 121 Å². The van der Waals surface area contributed by atoms with Crippen molar-refractivity contribution in [1.82, 2.24) is 24.9 Å². The van der Waals surface area contributed by atoms with Crippen LogP contribution in [0.1, 0.15) is 19.2 Å². The number of hydrogen-bond donors (Lipinski definition) is 1. The fourth-order valence-electron chi connectivity index (χ4n) is 2.26. The Balaban J connectivity index is 1.72. The molecule has 0 radical (unpaired) electrons. The van der Waals surface area contributed by atoms with Crippen LogP contribution in [0.3, 0.4) is 0 Å². The maximum Gasteiger partial charge on any atom is 0.260 e. The molecule has 0 spiro atoms. The molecule has 0 saturated carbocycles. The van der Waals surface area contributed by atoms with Gasteiger partial charge in [0.15, 0.2) is 5.82 Å². The highest BCUT2D eigenvalue weighted by molar-refractivity contribution is 5.78. The molecule has 0 bridgehead atoms. The molecule has 1 aliphatic rings. The topological polar surface area (TPSA) is 90.6 Å². The average molecular weight is 291 g/mol. The number of nitrogens with zero attached hydrogens (tertiary/aromatic N) is 4. The molecule has 1 N–H and O–H groups in total. The van der Waals surface area contributed by atoms with Gasteiger partial charge in [0.25, 0.3) is 5.88 Å². The van der Waals surface area contributed by atoms with E-state index in [1.807, 2.05) is 6.92 Å². The summed E-state index contributed by atoms with van der Waals surface area (Å²) in [5.41, 5.74) is 0.549. The van der Waals surface area contributed by atoms with Crippen molar-refractivity contribution in [3.8, 4) is 5.88 Å². The third kappa shape index (κ3) is 2.80. The van der Waals surface area contributed by atoms with Crippen LogP contribution in [0, 0.1) is 5.92 Å². The molecule has 8 nitrogen and oxygen atoms in total. The van der Waals surface area contributed by atoms with E-state index >= 15 is 0 Å². The van der Waals surface area contributed by atoms with Crippen molar-refractivity contribution in [1.29, 1.82) is 0 Å². The summed E-state index contributed by atoms with van der Waals surface area (Å²) in [4.78, 5) is 16.1. The predicted molar refractivity (Wildman–Crippen MR) is 72.7 cm³/mol. The van der Waals surface area contributed by atoms with Crippen LogP contribution in [0.15, 0.2) is 12.4 Å². The van der Waals surface area contributed by atoms with E-state index < -0.39 is 0 Å². The van der Waals surface area contributed by atoms with E-state index in [9.17, 15) is 4.79 Å². The maximum absolute atomic E-state index is 12.0. The molecule has 8 heteroatoms. The Kier molecular flexibility index (Phi) is 3.96. The van der Waals surface area contributed by atoms with E-state index in [1.165, 1.54) is 0 Å². The molecule has 112 valence electrons. The van der Waals surface area contributed by atoms with Gasteiger partial charge in [0.2, 0.25) is 11.6 Å². The van der Waals surface area contributed by atoms with Gasteiger partial charge in [0.05, 0.1) is 25.7 Å². The first-order valence-corrected chi connectivity index (χ1v) is 6.96. The summed E-state index contributed by atoms with van der Waals surface area (Å²) < 4.78 is 12.4. The molecule has 0 aliphatic carbocycles. The summed E-state index contributed by atoms with van der Waals surface area (Å²) in [6.45, 7) is 3.84. The molecule has 2 aromatic heterocycles. The monoisotopic (exact) mass is 291 g/mol. The molecule has 3 rings (SSSR count). The first-order valence-electron chi connectivity index (χ1n) is 6.96. The minimum atomic E-state index is -0.0650. The Bertz CT molecular complexity index is 636. The predicted octanol–water partition coefficient (Wildman–Crippen LogP) is 0.176. The standard InChI is InChI=1S/C13H17N5O3/c1-2-21-13-11-17-16-10(18(11)5-4-14-13)7-15-12(19)9-3-6-20-8-9/h4-5,9H,2-3,6-8H2,1H3,(H,15,19)/t9-/m0/s1. The number of amides is 1. The fraction of sp³-hybridized carbons (Fsp3) is 0.538. The van der Waals surface area contributed by atoms with Crippen molar-refractivity contribution in [3.63, 3.8) is 0 Å². The van der Waals surface area contributed by atoms with Gasteiger partial charge < -0.3 is 14.8 Å². The van der Waals surface area contributed by atoms with Crippen LogP contribution in [0.5, 0.6) is 5.88 Å². The summed E-state index contributed by atoms with van der Waals surface area (Å²) in [6.07, 6.45) is 4.14. The van der Waals surface area contributed by atoms with E-state index in [-0.39, 0.29) is 11.8 Å². The number of carbonyl (C=O) groups excluding carboxylic acids is 1. The third-order valence-electron chi connectivity index (χ3n) is 3.37. The van der Waals surface area contributed by atoms with Gasteiger partial charge in [-0.25, -0.2) is 4.98 Å². The molecule has 1 aliphatic heterocycles. The molecule has 1 atom stereocenters. The number of hydrogen-bond acceptors (Lipinski definition) is 6. The summed E-state index contributed by atoms with van der Waals surface area (Å²) in [5.74, 6) is 1.00. The van der Waals surface area contributed by atoms with Crippen LogP contribution >= 0.6 is 0 Å². The van der Waals surface area contributed by atoms with Crippen molar-refractivity contribution in [2.24, 2.45) is 5.92 Å². The second kappa shape index (κ2) is 6.04. The SMILES string of the molecule is CCOc1nccn2c(CNC(=O)[C@H]3CCOC3)nnc12. The van der Waals surface area contributed by atoms with Crippen molar-refractivity contribution >= 4 is 11.6 Å². The fourth-order valence-corrected chi connectivity index (χ4v) is 2.26.